The molecule has 38 heavy (non-hydrogen) atoms. The molecule has 3 aromatic heterocycles. The van der Waals surface area contributed by atoms with Crippen molar-refractivity contribution >= 4 is 34.4 Å². The second-order valence-corrected chi connectivity index (χ2v) is 10.5. The molecule has 4 aromatic rings. The fourth-order valence-electron chi connectivity index (χ4n) is 4.64. The lowest BCUT2D eigenvalue weighted by molar-refractivity contribution is 0.0950. The lowest BCUT2D eigenvalue weighted by Crippen LogP contribution is -2.54. The first-order valence-electron chi connectivity index (χ1n) is 12.4. The number of nitrogens with zero attached hydrogens (tertiary/aromatic N) is 4. The number of anilines is 1. The van der Waals surface area contributed by atoms with Gasteiger partial charge in [-0.05, 0) is 62.4 Å². The number of aromatic nitrogens is 3. The van der Waals surface area contributed by atoms with Crippen molar-refractivity contribution in [3.8, 4) is 11.4 Å². The normalized spacial score (nSPS) is 17.7. The van der Waals surface area contributed by atoms with Gasteiger partial charge in [0, 0.05) is 47.2 Å². The second kappa shape index (κ2) is 11.4. The standard InChI is InChI=1S/C28H28F2N6OS/c1-17-15-36(16-18(2)33-17)26-8-4-7-23(35-26)24-10-9-20-13-31-21(12-25(20)34-24)14-32-27(37)19-5-3-6-22(11-19)38-28(29)30/h3-13,17-18,28,33H,14-16H2,1-2H3,(H,32,37). The first kappa shape index (κ1) is 26.0. The molecule has 5 rings (SSSR count). The SMILES string of the molecule is CC1CN(c2cccc(-c3ccc4cnc(CNC(=O)c5cccc(SC(F)F)c5)cc4n3)n2)CC(C)N1. The molecule has 1 saturated heterocycles. The summed E-state index contributed by atoms with van der Waals surface area (Å²) in [5.74, 6) is -1.97. The van der Waals surface area contributed by atoms with Crippen molar-refractivity contribution in [2.75, 3.05) is 18.0 Å². The zero-order valence-electron chi connectivity index (χ0n) is 21.1. The lowest BCUT2D eigenvalue weighted by atomic mass is 10.1. The molecule has 2 atom stereocenters. The van der Waals surface area contributed by atoms with Crippen LogP contribution in [0.5, 0.6) is 0 Å². The summed E-state index contributed by atoms with van der Waals surface area (Å²) in [5.41, 5.74) is 3.24. The first-order valence-corrected chi connectivity index (χ1v) is 13.3. The summed E-state index contributed by atoms with van der Waals surface area (Å²) in [6.45, 7) is 6.31. The third-order valence-electron chi connectivity index (χ3n) is 6.26. The van der Waals surface area contributed by atoms with Crippen molar-refractivity contribution in [1.82, 2.24) is 25.6 Å². The molecular formula is C28H28F2N6OS. The lowest BCUT2D eigenvalue weighted by Gasteiger charge is -2.37. The van der Waals surface area contributed by atoms with Crippen LogP contribution in [0.15, 0.2) is 71.8 Å². The minimum absolute atomic E-state index is 0.181. The van der Waals surface area contributed by atoms with Crippen LogP contribution in [0.25, 0.3) is 22.3 Å². The summed E-state index contributed by atoms with van der Waals surface area (Å²) in [5, 5.41) is 7.23. The molecule has 1 aromatic carbocycles. The number of pyridine rings is 3. The van der Waals surface area contributed by atoms with Gasteiger partial charge < -0.3 is 15.5 Å². The van der Waals surface area contributed by atoms with Crippen LogP contribution in [-0.2, 0) is 6.54 Å². The van der Waals surface area contributed by atoms with E-state index in [9.17, 15) is 13.6 Å². The van der Waals surface area contributed by atoms with Gasteiger partial charge in [-0.1, -0.05) is 23.9 Å². The number of benzene rings is 1. The number of hydrogen-bond acceptors (Lipinski definition) is 7. The Balaban J connectivity index is 1.31. The molecular weight excluding hydrogens is 506 g/mol. The zero-order valence-corrected chi connectivity index (χ0v) is 21.9. The molecule has 1 fully saturated rings. The largest absolute Gasteiger partial charge is 0.353 e. The number of carbonyl (C=O) groups is 1. The van der Waals surface area contributed by atoms with E-state index in [1.54, 1.807) is 24.4 Å². The predicted octanol–water partition coefficient (Wildman–Crippen LogP) is 5.12. The Morgan fingerprint density at radius 1 is 1.05 bits per heavy atom. The monoisotopic (exact) mass is 534 g/mol. The molecule has 1 aliphatic heterocycles. The molecule has 1 amide bonds. The van der Waals surface area contributed by atoms with Crippen LogP contribution in [-0.4, -0.2) is 51.8 Å². The summed E-state index contributed by atoms with van der Waals surface area (Å²) < 4.78 is 25.3. The minimum Gasteiger partial charge on any atom is -0.353 e. The highest BCUT2D eigenvalue weighted by Gasteiger charge is 2.22. The van der Waals surface area contributed by atoms with Gasteiger partial charge in [-0.25, -0.2) is 9.97 Å². The van der Waals surface area contributed by atoms with E-state index in [1.807, 2.05) is 36.4 Å². The molecule has 0 bridgehead atoms. The van der Waals surface area contributed by atoms with E-state index in [2.05, 4.69) is 34.4 Å². The second-order valence-electron chi connectivity index (χ2n) is 9.41. The number of fused-ring (bicyclic) bond motifs is 1. The fraction of sp³-hybridized carbons (Fsp3) is 0.286. The number of rotatable bonds is 7. The van der Waals surface area contributed by atoms with E-state index in [0.717, 1.165) is 41.2 Å². The molecule has 10 heteroatoms. The number of carbonyl (C=O) groups excluding carboxylic acids is 1. The van der Waals surface area contributed by atoms with Crippen molar-refractivity contribution in [2.24, 2.45) is 0 Å². The average molecular weight is 535 g/mol. The molecule has 7 nitrogen and oxygen atoms in total. The summed E-state index contributed by atoms with van der Waals surface area (Å²) >= 11 is 0.410. The Hall–Kier alpha value is -3.63. The van der Waals surface area contributed by atoms with Crippen LogP contribution >= 0.6 is 11.8 Å². The Morgan fingerprint density at radius 2 is 1.82 bits per heavy atom. The fourth-order valence-corrected chi connectivity index (χ4v) is 5.20. The Kier molecular flexibility index (Phi) is 7.80. The Labute approximate surface area is 224 Å². The maximum Gasteiger partial charge on any atom is 0.288 e. The van der Waals surface area contributed by atoms with Crippen molar-refractivity contribution in [3.63, 3.8) is 0 Å². The number of hydrogen-bond donors (Lipinski definition) is 2. The van der Waals surface area contributed by atoms with Gasteiger partial charge in [-0.3, -0.25) is 9.78 Å². The number of halogens is 2. The number of piperazine rings is 1. The van der Waals surface area contributed by atoms with E-state index in [0.29, 0.717) is 40.0 Å². The van der Waals surface area contributed by atoms with Gasteiger partial charge in [0.1, 0.15) is 5.82 Å². The third-order valence-corrected chi connectivity index (χ3v) is 6.96. The van der Waals surface area contributed by atoms with Crippen LogP contribution in [0, 0.1) is 0 Å². The Morgan fingerprint density at radius 3 is 2.61 bits per heavy atom. The molecule has 2 unspecified atom stereocenters. The number of amides is 1. The van der Waals surface area contributed by atoms with Gasteiger partial charge in [0.25, 0.3) is 11.7 Å². The van der Waals surface area contributed by atoms with E-state index >= 15 is 0 Å². The van der Waals surface area contributed by atoms with Crippen LogP contribution < -0.4 is 15.5 Å². The maximum atomic E-state index is 12.7. The van der Waals surface area contributed by atoms with Crippen molar-refractivity contribution in [2.45, 2.75) is 43.1 Å². The maximum absolute atomic E-state index is 12.7. The summed E-state index contributed by atoms with van der Waals surface area (Å²) in [4.78, 5) is 29.4. The smallest absolute Gasteiger partial charge is 0.288 e. The average Bonchev–Trinajstić information content (AvgIpc) is 2.90. The van der Waals surface area contributed by atoms with Gasteiger partial charge in [0.2, 0.25) is 0 Å². The molecule has 2 N–H and O–H groups in total. The van der Waals surface area contributed by atoms with Crippen LogP contribution in [0.1, 0.15) is 29.9 Å². The van der Waals surface area contributed by atoms with Crippen LogP contribution in [0.3, 0.4) is 0 Å². The minimum atomic E-state index is -2.54. The topological polar surface area (TPSA) is 83.0 Å². The zero-order chi connectivity index (χ0) is 26.6. The highest BCUT2D eigenvalue weighted by atomic mass is 32.2. The molecule has 196 valence electrons. The van der Waals surface area contributed by atoms with E-state index < -0.39 is 5.76 Å². The summed E-state index contributed by atoms with van der Waals surface area (Å²) in [6, 6.07) is 18.7. The van der Waals surface area contributed by atoms with Crippen LogP contribution in [0.2, 0.25) is 0 Å². The van der Waals surface area contributed by atoms with Gasteiger partial charge in [-0.2, -0.15) is 8.78 Å². The summed E-state index contributed by atoms with van der Waals surface area (Å²) in [7, 11) is 0. The highest BCUT2D eigenvalue weighted by molar-refractivity contribution is 7.99. The number of nitrogens with one attached hydrogen (secondary N) is 2. The molecule has 0 spiro atoms. The quantitative estimate of drug-likeness (QED) is 0.318. The van der Waals surface area contributed by atoms with Crippen molar-refractivity contribution < 1.29 is 13.6 Å². The van der Waals surface area contributed by atoms with Gasteiger partial charge in [0.15, 0.2) is 0 Å². The third kappa shape index (κ3) is 6.25. The van der Waals surface area contributed by atoms with Crippen molar-refractivity contribution in [3.05, 3.63) is 78.1 Å². The Bertz CT molecular complexity index is 1440. The summed E-state index contributed by atoms with van der Waals surface area (Å²) in [6.07, 6.45) is 1.72. The van der Waals surface area contributed by atoms with Crippen molar-refractivity contribution in [1.29, 1.82) is 0 Å². The first-order chi connectivity index (χ1) is 18.3. The van der Waals surface area contributed by atoms with E-state index in [-0.39, 0.29) is 12.5 Å². The number of alkyl halides is 2. The highest BCUT2D eigenvalue weighted by Crippen LogP contribution is 2.26. The number of thioether (sulfide) groups is 1. The van der Waals surface area contributed by atoms with Gasteiger partial charge >= 0.3 is 0 Å². The van der Waals surface area contributed by atoms with E-state index in [4.69, 9.17) is 9.97 Å². The molecule has 0 aliphatic carbocycles. The van der Waals surface area contributed by atoms with Gasteiger partial charge in [-0.15, -0.1) is 0 Å². The molecule has 4 heterocycles. The molecule has 0 radical (unpaired) electrons. The van der Waals surface area contributed by atoms with Gasteiger partial charge in [0.05, 0.1) is 29.1 Å². The van der Waals surface area contributed by atoms with E-state index in [1.165, 1.54) is 6.07 Å². The molecule has 1 aliphatic rings. The molecule has 0 saturated carbocycles. The van der Waals surface area contributed by atoms with Crippen LogP contribution in [0.4, 0.5) is 14.6 Å². The predicted molar refractivity (Wildman–Crippen MR) is 147 cm³/mol.